The quantitative estimate of drug-likeness (QED) is 0.731. The first-order valence-electron chi connectivity index (χ1n) is 7.58. The van der Waals surface area contributed by atoms with Crippen LogP contribution in [-0.4, -0.2) is 18.0 Å². The van der Waals surface area contributed by atoms with E-state index in [1.165, 1.54) is 18.3 Å². The Labute approximate surface area is 144 Å². The van der Waals surface area contributed by atoms with Crippen LogP contribution in [0.2, 0.25) is 0 Å². The van der Waals surface area contributed by atoms with Crippen LogP contribution in [0.5, 0.6) is 5.75 Å². The van der Waals surface area contributed by atoms with Crippen LogP contribution in [0, 0.1) is 5.82 Å². The van der Waals surface area contributed by atoms with Gasteiger partial charge in [-0.25, -0.2) is 4.39 Å². The maximum Gasteiger partial charge on any atom is 0.257 e. The standard InChI is InChI=1S/C19H16FN3O2/c1-25-16-6-4-5-14(10-16)22-15-9-13(11-21-12-15)19(24)23-18-8-3-2-7-17(18)20/h2-12,22H,1H3,(H,23,24). The van der Waals surface area contributed by atoms with Crippen molar-refractivity contribution in [2.45, 2.75) is 0 Å². The van der Waals surface area contributed by atoms with Crippen molar-refractivity contribution in [2.75, 3.05) is 17.7 Å². The van der Waals surface area contributed by atoms with Crippen LogP contribution < -0.4 is 15.4 Å². The number of para-hydroxylation sites is 1. The highest BCUT2D eigenvalue weighted by atomic mass is 19.1. The molecule has 1 heterocycles. The molecule has 2 aromatic carbocycles. The van der Waals surface area contributed by atoms with Crippen molar-refractivity contribution in [3.63, 3.8) is 0 Å². The average molecular weight is 337 g/mol. The number of ether oxygens (including phenoxy) is 1. The van der Waals surface area contributed by atoms with E-state index in [0.717, 1.165) is 5.69 Å². The van der Waals surface area contributed by atoms with Gasteiger partial charge in [-0.3, -0.25) is 9.78 Å². The molecule has 0 bridgehead atoms. The van der Waals surface area contributed by atoms with E-state index in [0.29, 0.717) is 17.0 Å². The number of pyridine rings is 1. The molecule has 0 atom stereocenters. The molecular weight excluding hydrogens is 321 g/mol. The molecule has 3 aromatic rings. The van der Waals surface area contributed by atoms with E-state index in [4.69, 9.17) is 4.74 Å². The number of carbonyl (C=O) groups is 1. The number of rotatable bonds is 5. The highest BCUT2D eigenvalue weighted by molar-refractivity contribution is 6.04. The molecule has 1 aromatic heterocycles. The zero-order valence-corrected chi connectivity index (χ0v) is 13.5. The summed E-state index contributed by atoms with van der Waals surface area (Å²) in [5.41, 5.74) is 1.87. The van der Waals surface area contributed by atoms with E-state index >= 15 is 0 Å². The number of aromatic nitrogens is 1. The second-order valence-corrected chi connectivity index (χ2v) is 5.25. The Morgan fingerprint density at radius 1 is 1.04 bits per heavy atom. The van der Waals surface area contributed by atoms with Gasteiger partial charge in [0.05, 0.1) is 30.2 Å². The fourth-order valence-corrected chi connectivity index (χ4v) is 2.26. The van der Waals surface area contributed by atoms with E-state index in [1.54, 1.807) is 31.5 Å². The summed E-state index contributed by atoms with van der Waals surface area (Å²) in [4.78, 5) is 16.4. The number of nitrogens with one attached hydrogen (secondary N) is 2. The molecule has 0 aliphatic heterocycles. The first-order chi connectivity index (χ1) is 12.2. The molecule has 0 unspecified atom stereocenters. The van der Waals surface area contributed by atoms with Crippen molar-refractivity contribution in [1.82, 2.24) is 4.98 Å². The summed E-state index contributed by atoms with van der Waals surface area (Å²) in [6.07, 6.45) is 3.02. The van der Waals surface area contributed by atoms with Gasteiger partial charge in [-0.2, -0.15) is 0 Å². The van der Waals surface area contributed by atoms with E-state index in [9.17, 15) is 9.18 Å². The fraction of sp³-hybridized carbons (Fsp3) is 0.0526. The van der Waals surface area contributed by atoms with Gasteiger partial charge in [0.1, 0.15) is 11.6 Å². The van der Waals surface area contributed by atoms with Crippen molar-refractivity contribution in [2.24, 2.45) is 0 Å². The zero-order valence-electron chi connectivity index (χ0n) is 13.5. The SMILES string of the molecule is COc1cccc(Nc2cncc(C(=O)Nc3ccccc3F)c2)c1. The number of amides is 1. The highest BCUT2D eigenvalue weighted by Gasteiger charge is 2.10. The first-order valence-corrected chi connectivity index (χ1v) is 7.58. The van der Waals surface area contributed by atoms with Crippen molar-refractivity contribution >= 4 is 23.0 Å². The highest BCUT2D eigenvalue weighted by Crippen LogP contribution is 2.22. The number of halogens is 1. The second-order valence-electron chi connectivity index (χ2n) is 5.25. The molecular formula is C19H16FN3O2. The number of benzene rings is 2. The van der Waals surface area contributed by atoms with Crippen LogP contribution in [0.4, 0.5) is 21.5 Å². The number of hydrogen-bond donors (Lipinski definition) is 2. The molecule has 0 aliphatic rings. The summed E-state index contributed by atoms with van der Waals surface area (Å²) in [6.45, 7) is 0. The predicted octanol–water partition coefficient (Wildman–Crippen LogP) is 4.23. The number of hydrogen-bond acceptors (Lipinski definition) is 4. The molecule has 3 rings (SSSR count). The van der Waals surface area contributed by atoms with Crippen molar-refractivity contribution < 1.29 is 13.9 Å². The third-order valence-corrected chi connectivity index (χ3v) is 3.48. The summed E-state index contributed by atoms with van der Waals surface area (Å²) in [7, 11) is 1.59. The number of methoxy groups -OCH3 is 1. The number of nitrogens with zero attached hydrogens (tertiary/aromatic N) is 1. The van der Waals surface area contributed by atoms with Gasteiger partial charge in [0.2, 0.25) is 0 Å². The lowest BCUT2D eigenvalue weighted by atomic mass is 10.2. The molecule has 25 heavy (non-hydrogen) atoms. The van der Waals surface area contributed by atoms with E-state index < -0.39 is 11.7 Å². The summed E-state index contributed by atoms with van der Waals surface area (Å²) < 4.78 is 18.8. The van der Waals surface area contributed by atoms with Gasteiger partial charge in [-0.05, 0) is 30.3 Å². The lowest BCUT2D eigenvalue weighted by molar-refractivity contribution is 0.102. The van der Waals surface area contributed by atoms with Crippen molar-refractivity contribution in [3.05, 3.63) is 78.4 Å². The van der Waals surface area contributed by atoms with Crippen molar-refractivity contribution in [1.29, 1.82) is 0 Å². The minimum atomic E-state index is -0.491. The van der Waals surface area contributed by atoms with Crippen LogP contribution in [0.25, 0.3) is 0 Å². The summed E-state index contributed by atoms with van der Waals surface area (Å²) in [6, 6.07) is 15.0. The third kappa shape index (κ3) is 4.11. The van der Waals surface area contributed by atoms with E-state index in [-0.39, 0.29) is 5.69 Å². The molecule has 1 amide bonds. The van der Waals surface area contributed by atoms with Gasteiger partial charge < -0.3 is 15.4 Å². The minimum absolute atomic E-state index is 0.124. The molecule has 0 aliphatic carbocycles. The molecule has 2 N–H and O–H groups in total. The summed E-state index contributed by atoms with van der Waals surface area (Å²) in [5.74, 6) is -0.215. The van der Waals surface area contributed by atoms with Gasteiger partial charge in [-0.1, -0.05) is 18.2 Å². The first kappa shape index (κ1) is 16.4. The Morgan fingerprint density at radius 2 is 1.88 bits per heavy atom. The number of carbonyl (C=O) groups excluding carboxylic acids is 1. The average Bonchev–Trinajstić information content (AvgIpc) is 2.64. The summed E-state index contributed by atoms with van der Waals surface area (Å²) >= 11 is 0. The molecule has 0 spiro atoms. The van der Waals surface area contributed by atoms with Gasteiger partial charge in [0.25, 0.3) is 5.91 Å². The van der Waals surface area contributed by atoms with Crippen molar-refractivity contribution in [3.8, 4) is 5.75 Å². The van der Waals surface area contributed by atoms with Crippen LogP contribution in [-0.2, 0) is 0 Å². The Balaban J connectivity index is 1.76. The maximum atomic E-state index is 13.6. The van der Waals surface area contributed by atoms with E-state index in [2.05, 4.69) is 15.6 Å². The van der Waals surface area contributed by atoms with Gasteiger partial charge in [0.15, 0.2) is 0 Å². The van der Waals surface area contributed by atoms with Crippen LogP contribution in [0.1, 0.15) is 10.4 Å². The normalized spacial score (nSPS) is 10.2. The molecule has 0 saturated carbocycles. The molecule has 126 valence electrons. The molecule has 0 radical (unpaired) electrons. The Morgan fingerprint density at radius 3 is 2.68 bits per heavy atom. The monoisotopic (exact) mass is 337 g/mol. The fourth-order valence-electron chi connectivity index (χ4n) is 2.26. The minimum Gasteiger partial charge on any atom is -0.497 e. The van der Waals surface area contributed by atoms with Gasteiger partial charge >= 0.3 is 0 Å². The second kappa shape index (κ2) is 7.44. The third-order valence-electron chi connectivity index (χ3n) is 3.48. The van der Waals surface area contributed by atoms with Gasteiger partial charge in [0, 0.05) is 18.0 Å². The lowest BCUT2D eigenvalue weighted by Crippen LogP contribution is -2.13. The van der Waals surface area contributed by atoms with Crippen LogP contribution >= 0.6 is 0 Å². The predicted molar refractivity (Wildman–Crippen MR) is 94.9 cm³/mol. The largest absolute Gasteiger partial charge is 0.497 e. The zero-order chi connectivity index (χ0) is 17.6. The molecule has 6 heteroatoms. The molecule has 0 saturated heterocycles. The number of anilines is 3. The maximum absolute atomic E-state index is 13.6. The Bertz CT molecular complexity index is 899. The smallest absolute Gasteiger partial charge is 0.257 e. The van der Waals surface area contributed by atoms with Crippen LogP contribution in [0.15, 0.2) is 67.0 Å². The summed E-state index contributed by atoms with van der Waals surface area (Å²) in [5, 5.41) is 5.69. The molecule has 0 fully saturated rings. The topological polar surface area (TPSA) is 63.2 Å². The van der Waals surface area contributed by atoms with Crippen LogP contribution in [0.3, 0.4) is 0 Å². The van der Waals surface area contributed by atoms with Gasteiger partial charge in [-0.15, -0.1) is 0 Å². The lowest BCUT2D eigenvalue weighted by Gasteiger charge is -2.10. The Hall–Kier alpha value is -3.41. The Kier molecular flexibility index (Phi) is 4.89. The molecule has 5 nitrogen and oxygen atoms in total. The van der Waals surface area contributed by atoms with E-state index in [1.807, 2.05) is 24.3 Å².